The standard InChI is InChI=1S/C24H29ClN7O/c1-15-20(5-7-23(27-15)31(3)19-8-9-30(2)14-19)28-24-26-12-17-13-32(33)22-6-4-18(25)10-16(22)11-21(17)29-24/h5,7,10-12,19,33H,4,6,8-9,13-14H2,1-3H3,(H,26,28,29)/q+1. The first-order valence-corrected chi connectivity index (χ1v) is 11.7. The summed E-state index contributed by atoms with van der Waals surface area (Å²) >= 11 is 6.25. The van der Waals surface area contributed by atoms with Gasteiger partial charge in [0.1, 0.15) is 5.82 Å². The van der Waals surface area contributed by atoms with Crippen molar-refractivity contribution in [2.45, 2.75) is 38.8 Å². The normalized spacial score (nSPS) is 20.5. The number of halogens is 1. The van der Waals surface area contributed by atoms with Crippen molar-refractivity contribution in [3.63, 3.8) is 0 Å². The highest BCUT2D eigenvalue weighted by Gasteiger charge is 2.28. The van der Waals surface area contributed by atoms with Crippen LogP contribution in [-0.4, -0.2) is 68.7 Å². The average molecular weight is 467 g/mol. The van der Waals surface area contributed by atoms with Crippen LogP contribution in [0, 0.1) is 6.92 Å². The van der Waals surface area contributed by atoms with Crippen molar-refractivity contribution in [1.29, 1.82) is 0 Å². The molecule has 5 rings (SSSR count). The first kappa shape index (κ1) is 21.9. The monoisotopic (exact) mass is 466 g/mol. The third kappa shape index (κ3) is 4.45. The number of hydrogen-bond donors (Lipinski definition) is 2. The number of hydrogen-bond acceptors (Lipinski definition) is 7. The Hall–Kier alpha value is -2.97. The van der Waals surface area contributed by atoms with Crippen LogP contribution >= 0.6 is 11.6 Å². The number of aromatic nitrogens is 3. The summed E-state index contributed by atoms with van der Waals surface area (Å²) in [5.41, 5.74) is 5.14. The van der Waals surface area contributed by atoms with Crippen LogP contribution in [0.25, 0.3) is 6.08 Å². The van der Waals surface area contributed by atoms with Crippen LogP contribution in [0.2, 0.25) is 0 Å². The van der Waals surface area contributed by atoms with Crippen molar-refractivity contribution in [3.05, 3.63) is 52.0 Å². The quantitative estimate of drug-likeness (QED) is 0.525. The smallest absolute Gasteiger partial charge is 0.235 e. The number of allylic oxidation sites excluding steroid dienone is 3. The summed E-state index contributed by atoms with van der Waals surface area (Å²) in [6.45, 7) is 4.51. The molecule has 1 aliphatic carbocycles. The summed E-state index contributed by atoms with van der Waals surface area (Å²) in [4.78, 5) is 18.6. The third-order valence-electron chi connectivity index (χ3n) is 6.66. The molecule has 9 heteroatoms. The number of pyridine rings is 1. The molecule has 2 aromatic rings. The van der Waals surface area contributed by atoms with Crippen molar-refractivity contribution >= 4 is 40.8 Å². The maximum Gasteiger partial charge on any atom is 0.235 e. The Morgan fingerprint density at radius 1 is 1.24 bits per heavy atom. The first-order chi connectivity index (χ1) is 15.9. The summed E-state index contributed by atoms with van der Waals surface area (Å²) < 4.78 is 1.28. The molecule has 0 saturated carbocycles. The van der Waals surface area contributed by atoms with E-state index in [9.17, 15) is 5.21 Å². The van der Waals surface area contributed by atoms with Crippen molar-refractivity contribution in [3.8, 4) is 0 Å². The zero-order chi connectivity index (χ0) is 23.1. The Morgan fingerprint density at radius 3 is 2.85 bits per heavy atom. The molecular formula is C24H29ClN7O+. The molecule has 2 aromatic heterocycles. The number of likely N-dealkylation sites (tertiary alicyclic amines) is 1. The van der Waals surface area contributed by atoms with Crippen LogP contribution in [0.15, 0.2) is 35.0 Å². The molecule has 33 heavy (non-hydrogen) atoms. The fourth-order valence-corrected chi connectivity index (χ4v) is 4.86. The molecule has 1 fully saturated rings. The molecule has 8 nitrogen and oxygen atoms in total. The first-order valence-electron chi connectivity index (χ1n) is 11.3. The number of nitrogens with one attached hydrogen (secondary N) is 1. The highest BCUT2D eigenvalue weighted by Crippen LogP contribution is 2.29. The summed E-state index contributed by atoms with van der Waals surface area (Å²) in [5.74, 6) is 1.46. The van der Waals surface area contributed by atoms with E-state index < -0.39 is 0 Å². The second-order valence-corrected chi connectivity index (χ2v) is 9.53. The van der Waals surface area contributed by atoms with Crippen LogP contribution < -0.4 is 10.2 Å². The second-order valence-electron chi connectivity index (χ2n) is 9.04. The summed E-state index contributed by atoms with van der Waals surface area (Å²) in [6, 6.07) is 4.56. The lowest BCUT2D eigenvalue weighted by atomic mass is 9.98. The van der Waals surface area contributed by atoms with E-state index in [1.807, 2.05) is 31.2 Å². The molecule has 3 aliphatic rings. The highest BCUT2D eigenvalue weighted by molar-refractivity contribution is 6.31. The number of nitrogens with zero attached hydrogens (tertiary/aromatic N) is 6. The van der Waals surface area contributed by atoms with Gasteiger partial charge in [-0.15, -0.1) is 0 Å². The maximum absolute atomic E-state index is 10.5. The lowest BCUT2D eigenvalue weighted by Gasteiger charge is -2.26. The predicted molar refractivity (Wildman–Crippen MR) is 130 cm³/mol. The third-order valence-corrected chi connectivity index (χ3v) is 6.96. The number of fused-ring (bicyclic) bond motifs is 2. The Bertz CT molecular complexity index is 1190. The van der Waals surface area contributed by atoms with Gasteiger partial charge >= 0.3 is 0 Å². The van der Waals surface area contributed by atoms with Crippen molar-refractivity contribution < 1.29 is 9.95 Å². The molecule has 0 spiro atoms. The van der Waals surface area contributed by atoms with E-state index >= 15 is 0 Å². The van der Waals surface area contributed by atoms with E-state index in [4.69, 9.17) is 21.6 Å². The van der Waals surface area contributed by atoms with E-state index in [2.05, 4.69) is 34.2 Å². The number of hydroxylamine groups is 1. The Balaban J connectivity index is 1.38. The van der Waals surface area contributed by atoms with Gasteiger partial charge in [0.25, 0.3) is 0 Å². The van der Waals surface area contributed by atoms with E-state index in [-0.39, 0.29) is 0 Å². The lowest BCUT2D eigenvalue weighted by molar-refractivity contribution is -0.787. The summed E-state index contributed by atoms with van der Waals surface area (Å²) in [7, 11) is 4.27. The predicted octanol–water partition coefficient (Wildman–Crippen LogP) is 3.72. The van der Waals surface area contributed by atoms with Gasteiger partial charge in [-0.1, -0.05) is 11.6 Å². The summed E-state index contributed by atoms with van der Waals surface area (Å²) in [6.07, 6.45) is 8.21. The number of anilines is 3. The van der Waals surface area contributed by atoms with E-state index in [0.29, 0.717) is 25.0 Å². The van der Waals surface area contributed by atoms with Crippen LogP contribution in [0.4, 0.5) is 17.5 Å². The van der Waals surface area contributed by atoms with Gasteiger partial charge in [0, 0.05) is 42.9 Å². The molecule has 172 valence electrons. The molecule has 2 N–H and O–H groups in total. The van der Waals surface area contributed by atoms with E-state index in [1.165, 1.54) is 4.74 Å². The van der Waals surface area contributed by atoms with Crippen molar-refractivity contribution in [1.82, 2.24) is 19.9 Å². The summed E-state index contributed by atoms with van der Waals surface area (Å²) in [5, 5.41) is 14.6. The van der Waals surface area contributed by atoms with Gasteiger partial charge in [0.15, 0.2) is 0 Å². The molecule has 4 heterocycles. The minimum atomic E-state index is 0.342. The van der Waals surface area contributed by atoms with Gasteiger partial charge in [-0.05, 0) is 62.4 Å². The molecule has 0 radical (unpaired) electrons. The number of likely N-dealkylation sites (N-methyl/N-ethyl adjacent to an activating group) is 2. The van der Waals surface area contributed by atoms with Gasteiger partial charge in [0.05, 0.1) is 22.6 Å². The van der Waals surface area contributed by atoms with Gasteiger partial charge in [-0.25, -0.2) is 15.0 Å². The zero-order valence-electron chi connectivity index (χ0n) is 19.2. The Kier molecular flexibility index (Phi) is 5.80. The van der Waals surface area contributed by atoms with Crippen LogP contribution in [-0.2, 0) is 6.54 Å². The maximum atomic E-state index is 10.5. The van der Waals surface area contributed by atoms with Gasteiger partial charge in [-0.2, -0.15) is 0 Å². The fraction of sp³-hybridized carbons (Fsp3) is 0.417. The molecule has 1 unspecified atom stereocenters. The topological polar surface area (TPSA) is 80.4 Å². The van der Waals surface area contributed by atoms with Crippen LogP contribution in [0.5, 0.6) is 0 Å². The second kappa shape index (κ2) is 8.76. The SMILES string of the molecule is Cc1nc(N(C)C2CCN(C)C2)ccc1Nc1ncc2c(n1)C=C1C=C(Cl)CCC1=[N+](O)C2. The number of rotatable bonds is 4. The average Bonchev–Trinajstić information content (AvgIpc) is 3.17. The van der Waals surface area contributed by atoms with Crippen LogP contribution in [0.3, 0.4) is 0 Å². The Labute approximate surface area is 198 Å². The molecule has 1 saturated heterocycles. The van der Waals surface area contributed by atoms with Gasteiger partial charge in [-0.3, -0.25) is 5.21 Å². The molecular weight excluding hydrogens is 438 g/mol. The largest absolute Gasteiger partial charge is 0.355 e. The van der Waals surface area contributed by atoms with Crippen LogP contribution in [0.1, 0.15) is 36.2 Å². The minimum Gasteiger partial charge on any atom is -0.355 e. The van der Waals surface area contributed by atoms with E-state index in [1.54, 1.807) is 6.20 Å². The molecule has 1 atom stereocenters. The highest BCUT2D eigenvalue weighted by atomic mass is 35.5. The van der Waals surface area contributed by atoms with Gasteiger partial charge < -0.3 is 15.1 Å². The zero-order valence-corrected chi connectivity index (χ0v) is 20.0. The molecule has 0 bridgehead atoms. The Morgan fingerprint density at radius 2 is 2.09 bits per heavy atom. The minimum absolute atomic E-state index is 0.342. The number of aryl methyl sites for hydroxylation is 1. The van der Waals surface area contributed by atoms with E-state index in [0.717, 1.165) is 70.7 Å². The molecule has 0 amide bonds. The molecule has 0 aromatic carbocycles. The molecule has 2 aliphatic heterocycles. The fourth-order valence-electron chi connectivity index (χ4n) is 4.65. The van der Waals surface area contributed by atoms with Gasteiger partial charge in [0.2, 0.25) is 18.2 Å². The van der Waals surface area contributed by atoms with Crippen molar-refractivity contribution in [2.24, 2.45) is 0 Å². The van der Waals surface area contributed by atoms with Crippen molar-refractivity contribution in [2.75, 3.05) is 37.4 Å². The lowest BCUT2D eigenvalue weighted by Crippen LogP contribution is -2.34.